The maximum Gasteiger partial charge on any atom is 0.0787 e. The minimum absolute atomic E-state index is 0.337. The molecule has 1 aliphatic carbocycles. The van der Waals surface area contributed by atoms with Crippen LogP contribution in [0.15, 0.2) is 41.7 Å². The van der Waals surface area contributed by atoms with Crippen LogP contribution in [0, 0.1) is 0 Å². The van der Waals surface area contributed by atoms with Gasteiger partial charge in [0.2, 0.25) is 0 Å². The van der Waals surface area contributed by atoms with E-state index in [1.165, 1.54) is 0 Å². The van der Waals surface area contributed by atoms with Crippen LogP contribution >= 0.6 is 0 Å². The van der Waals surface area contributed by atoms with E-state index in [4.69, 9.17) is 0 Å². The lowest BCUT2D eigenvalue weighted by Crippen LogP contribution is -2.05. The number of hydrogen-bond donors (Lipinski definition) is 1. The summed E-state index contributed by atoms with van der Waals surface area (Å²) < 4.78 is 0. The number of hydrogen-bond acceptors (Lipinski definition) is 1. The first-order chi connectivity index (χ1) is 5.34. The van der Waals surface area contributed by atoms with Crippen molar-refractivity contribution in [1.29, 1.82) is 0 Å². The van der Waals surface area contributed by atoms with Gasteiger partial charge in [-0.1, -0.05) is 19.1 Å². The molecule has 0 saturated heterocycles. The highest BCUT2D eigenvalue weighted by Gasteiger charge is 2.03. The third kappa shape index (κ3) is 2.23. The molecule has 0 aromatic heterocycles. The Balaban J connectivity index is 2.74. The second-order valence-corrected chi connectivity index (χ2v) is 2.45. The molecule has 1 atom stereocenters. The van der Waals surface area contributed by atoms with Crippen LogP contribution in [-0.4, -0.2) is 11.2 Å². The zero-order valence-corrected chi connectivity index (χ0v) is 6.62. The van der Waals surface area contributed by atoms with Crippen LogP contribution < -0.4 is 0 Å². The zero-order valence-electron chi connectivity index (χ0n) is 6.62. The van der Waals surface area contributed by atoms with Crippen LogP contribution in [0.1, 0.15) is 13.3 Å². The van der Waals surface area contributed by atoms with Gasteiger partial charge in [-0.3, -0.25) is 0 Å². The Bertz CT molecular complexity index is 240. The fourth-order valence-corrected chi connectivity index (χ4v) is 0.928. The van der Waals surface area contributed by atoms with Gasteiger partial charge in [-0.05, 0) is 30.2 Å². The summed E-state index contributed by atoms with van der Waals surface area (Å²) in [4.78, 5) is 0. The van der Waals surface area contributed by atoms with E-state index in [0.29, 0.717) is 0 Å². The van der Waals surface area contributed by atoms with Gasteiger partial charge in [-0.25, -0.2) is 0 Å². The molecule has 0 aromatic carbocycles. The predicted molar refractivity (Wildman–Crippen MR) is 46.2 cm³/mol. The quantitative estimate of drug-likeness (QED) is 0.593. The van der Waals surface area contributed by atoms with Crippen molar-refractivity contribution >= 4 is 0 Å². The molecule has 0 spiro atoms. The molecule has 1 nitrogen and oxygen atoms in total. The van der Waals surface area contributed by atoms with E-state index >= 15 is 0 Å². The molecule has 0 heterocycles. The maximum atomic E-state index is 9.43. The Hall–Kier alpha value is -1.04. The standard InChI is InChI=1S/C10H12O/c1-2-10(11)9-7-5-3-4-6-8-9/h3,5-8,10-11H,2H2,1H3. The average Bonchev–Trinajstić information content (AvgIpc) is 2.30. The van der Waals surface area contributed by atoms with Crippen LogP contribution in [0.3, 0.4) is 0 Å². The van der Waals surface area contributed by atoms with Gasteiger partial charge < -0.3 is 5.11 Å². The molecular weight excluding hydrogens is 136 g/mol. The third-order valence-electron chi connectivity index (χ3n) is 1.62. The number of rotatable bonds is 2. The molecule has 0 bridgehead atoms. The van der Waals surface area contributed by atoms with Gasteiger partial charge >= 0.3 is 0 Å². The number of allylic oxidation sites excluding steroid dienone is 3. The van der Waals surface area contributed by atoms with Gasteiger partial charge in [0.1, 0.15) is 0 Å². The van der Waals surface area contributed by atoms with E-state index in [-0.39, 0.29) is 6.10 Å². The lowest BCUT2D eigenvalue weighted by molar-refractivity contribution is 0.210. The zero-order chi connectivity index (χ0) is 8.10. The van der Waals surface area contributed by atoms with Crippen LogP contribution in [0.25, 0.3) is 0 Å². The first-order valence-corrected chi connectivity index (χ1v) is 3.82. The fraction of sp³-hybridized carbons (Fsp3) is 0.300. The highest BCUT2D eigenvalue weighted by Crippen LogP contribution is 2.09. The summed E-state index contributed by atoms with van der Waals surface area (Å²) in [5.41, 5.74) is 3.88. The van der Waals surface area contributed by atoms with E-state index in [1.54, 1.807) is 0 Å². The topological polar surface area (TPSA) is 20.2 Å². The molecule has 1 unspecified atom stereocenters. The summed E-state index contributed by atoms with van der Waals surface area (Å²) in [6, 6.07) is 0. The summed E-state index contributed by atoms with van der Waals surface area (Å²) >= 11 is 0. The van der Waals surface area contributed by atoms with Gasteiger partial charge in [-0.15, -0.1) is 5.73 Å². The SMILES string of the molecule is CCC(O)C1=CC=C=CC=C1. The average molecular weight is 148 g/mol. The lowest BCUT2D eigenvalue weighted by atomic mass is 10.1. The molecule has 1 rings (SSSR count). The summed E-state index contributed by atoms with van der Waals surface area (Å²) in [5.74, 6) is 0. The Morgan fingerprint density at radius 2 is 2.36 bits per heavy atom. The van der Waals surface area contributed by atoms with Crippen molar-refractivity contribution in [1.82, 2.24) is 0 Å². The summed E-state index contributed by atoms with van der Waals surface area (Å²) in [5, 5.41) is 9.43. The van der Waals surface area contributed by atoms with Gasteiger partial charge in [0.05, 0.1) is 6.10 Å². The van der Waals surface area contributed by atoms with E-state index in [2.05, 4.69) is 5.73 Å². The van der Waals surface area contributed by atoms with Crippen LogP contribution in [0.4, 0.5) is 0 Å². The van der Waals surface area contributed by atoms with Crippen LogP contribution in [0.2, 0.25) is 0 Å². The van der Waals surface area contributed by atoms with Gasteiger partial charge in [0.25, 0.3) is 0 Å². The molecule has 0 amide bonds. The summed E-state index contributed by atoms with van der Waals surface area (Å²) in [7, 11) is 0. The predicted octanol–water partition coefficient (Wildman–Crippen LogP) is 1.96. The Labute approximate surface area is 67.1 Å². The van der Waals surface area contributed by atoms with Crippen molar-refractivity contribution in [3.8, 4) is 0 Å². The van der Waals surface area contributed by atoms with Crippen molar-refractivity contribution < 1.29 is 5.11 Å². The molecule has 1 N–H and O–H groups in total. The number of aliphatic hydroxyl groups excluding tert-OH is 1. The van der Waals surface area contributed by atoms with E-state index in [1.807, 2.05) is 37.3 Å². The second kappa shape index (κ2) is 3.97. The van der Waals surface area contributed by atoms with Crippen molar-refractivity contribution in [2.45, 2.75) is 19.4 Å². The molecule has 0 aromatic rings. The van der Waals surface area contributed by atoms with E-state index in [9.17, 15) is 5.11 Å². The minimum Gasteiger partial charge on any atom is -0.388 e. The minimum atomic E-state index is -0.337. The normalized spacial score (nSPS) is 17.8. The maximum absolute atomic E-state index is 9.43. The third-order valence-corrected chi connectivity index (χ3v) is 1.62. The summed E-state index contributed by atoms with van der Waals surface area (Å²) in [6.45, 7) is 1.96. The van der Waals surface area contributed by atoms with E-state index in [0.717, 1.165) is 12.0 Å². The molecular formula is C10H12O. The molecule has 0 fully saturated rings. The fourth-order valence-electron chi connectivity index (χ4n) is 0.928. The van der Waals surface area contributed by atoms with Crippen molar-refractivity contribution in [3.63, 3.8) is 0 Å². The molecule has 1 aliphatic rings. The van der Waals surface area contributed by atoms with Crippen molar-refractivity contribution in [2.24, 2.45) is 0 Å². The van der Waals surface area contributed by atoms with Crippen LogP contribution in [0.5, 0.6) is 0 Å². The Morgan fingerprint density at radius 1 is 1.55 bits per heavy atom. The molecule has 0 radical (unpaired) electrons. The largest absolute Gasteiger partial charge is 0.388 e. The van der Waals surface area contributed by atoms with Gasteiger partial charge in [0.15, 0.2) is 0 Å². The first-order valence-electron chi connectivity index (χ1n) is 3.82. The molecule has 11 heavy (non-hydrogen) atoms. The van der Waals surface area contributed by atoms with Gasteiger partial charge in [0, 0.05) is 0 Å². The molecule has 1 heteroatoms. The number of aliphatic hydroxyl groups is 1. The monoisotopic (exact) mass is 148 g/mol. The first kappa shape index (κ1) is 8.06. The highest BCUT2D eigenvalue weighted by molar-refractivity contribution is 5.31. The van der Waals surface area contributed by atoms with Crippen molar-refractivity contribution in [3.05, 3.63) is 41.7 Å². The van der Waals surface area contributed by atoms with Gasteiger partial charge in [-0.2, -0.15) is 0 Å². The van der Waals surface area contributed by atoms with E-state index < -0.39 is 0 Å². The molecule has 58 valence electrons. The summed E-state index contributed by atoms with van der Waals surface area (Å²) in [6.07, 6.45) is 9.73. The Morgan fingerprint density at radius 3 is 3.09 bits per heavy atom. The second-order valence-electron chi connectivity index (χ2n) is 2.45. The van der Waals surface area contributed by atoms with Crippen molar-refractivity contribution in [2.75, 3.05) is 0 Å². The smallest absolute Gasteiger partial charge is 0.0787 e. The van der Waals surface area contributed by atoms with Crippen LogP contribution in [-0.2, 0) is 0 Å². The highest BCUT2D eigenvalue weighted by atomic mass is 16.3. The Kier molecular flexibility index (Phi) is 2.91. The lowest BCUT2D eigenvalue weighted by Gasteiger charge is -2.06. The molecule has 0 saturated carbocycles. The molecule has 0 aliphatic heterocycles.